The molecule has 0 aliphatic heterocycles. The highest BCUT2D eigenvalue weighted by Crippen LogP contribution is 2.19. The van der Waals surface area contributed by atoms with Crippen molar-refractivity contribution >= 4 is 6.09 Å². The SMILES string of the molecule is CC(C)(C)OC(=O)/N=c1/ccn(O)c(C(C)(C)C)c1. The van der Waals surface area contributed by atoms with Crippen LogP contribution >= 0.6 is 0 Å². The van der Waals surface area contributed by atoms with E-state index in [0.29, 0.717) is 11.1 Å². The number of hydrogen-bond acceptors (Lipinski definition) is 3. The first kappa shape index (κ1) is 15.3. The number of hydrogen-bond donors (Lipinski definition) is 1. The fraction of sp³-hybridized carbons (Fsp3) is 0.571. The van der Waals surface area contributed by atoms with Crippen molar-refractivity contribution in [2.75, 3.05) is 0 Å². The van der Waals surface area contributed by atoms with Crippen molar-refractivity contribution in [3.8, 4) is 0 Å². The van der Waals surface area contributed by atoms with Gasteiger partial charge in [0.2, 0.25) is 0 Å². The van der Waals surface area contributed by atoms with Gasteiger partial charge >= 0.3 is 6.09 Å². The van der Waals surface area contributed by atoms with Crippen LogP contribution in [0.15, 0.2) is 23.3 Å². The third-order valence-electron chi connectivity index (χ3n) is 2.30. The average Bonchev–Trinajstić information content (AvgIpc) is 2.16. The Morgan fingerprint density at radius 3 is 2.32 bits per heavy atom. The molecule has 5 nitrogen and oxygen atoms in total. The largest absolute Gasteiger partial charge is 0.442 e. The Kier molecular flexibility index (Phi) is 4.08. The summed E-state index contributed by atoms with van der Waals surface area (Å²) in [6.45, 7) is 11.2. The molecule has 1 N–H and O–H groups in total. The molecule has 0 spiro atoms. The minimum absolute atomic E-state index is 0.256. The fourth-order valence-electron chi connectivity index (χ4n) is 1.50. The van der Waals surface area contributed by atoms with Gasteiger partial charge < -0.3 is 9.94 Å². The Morgan fingerprint density at radius 2 is 1.84 bits per heavy atom. The van der Waals surface area contributed by atoms with Crippen LogP contribution < -0.4 is 5.36 Å². The molecule has 1 aromatic heterocycles. The molecular formula is C14H22N2O3. The van der Waals surface area contributed by atoms with E-state index in [1.807, 2.05) is 20.8 Å². The Morgan fingerprint density at radius 1 is 1.26 bits per heavy atom. The first-order valence-electron chi connectivity index (χ1n) is 6.19. The zero-order valence-electron chi connectivity index (χ0n) is 12.4. The lowest BCUT2D eigenvalue weighted by Gasteiger charge is -2.21. The normalized spacial score (nSPS) is 13.5. The van der Waals surface area contributed by atoms with E-state index in [1.165, 1.54) is 6.20 Å². The minimum Gasteiger partial charge on any atom is -0.442 e. The number of aromatic nitrogens is 1. The van der Waals surface area contributed by atoms with Crippen LogP contribution in [0.3, 0.4) is 0 Å². The number of nitrogens with zero attached hydrogens (tertiary/aromatic N) is 2. The molecule has 5 heteroatoms. The minimum atomic E-state index is -0.636. The molecular weight excluding hydrogens is 244 g/mol. The molecule has 0 aliphatic rings. The van der Waals surface area contributed by atoms with Crippen molar-refractivity contribution in [3.05, 3.63) is 29.4 Å². The Balaban J connectivity index is 3.13. The molecule has 19 heavy (non-hydrogen) atoms. The maximum absolute atomic E-state index is 11.6. The van der Waals surface area contributed by atoms with Crippen molar-refractivity contribution in [1.29, 1.82) is 0 Å². The molecule has 0 bridgehead atoms. The van der Waals surface area contributed by atoms with Gasteiger partial charge in [-0.15, -0.1) is 0 Å². The van der Waals surface area contributed by atoms with Crippen LogP contribution in [0.25, 0.3) is 0 Å². The molecule has 1 heterocycles. The summed E-state index contributed by atoms with van der Waals surface area (Å²) in [5.74, 6) is 0. The maximum Gasteiger partial charge on any atom is 0.434 e. The van der Waals surface area contributed by atoms with E-state index in [-0.39, 0.29) is 5.41 Å². The molecule has 0 aromatic carbocycles. The van der Waals surface area contributed by atoms with Gasteiger partial charge in [-0.3, -0.25) is 0 Å². The highest BCUT2D eigenvalue weighted by Gasteiger charge is 2.18. The van der Waals surface area contributed by atoms with Crippen molar-refractivity contribution in [1.82, 2.24) is 4.73 Å². The Bertz CT molecular complexity index is 531. The Hall–Kier alpha value is -1.78. The average molecular weight is 266 g/mol. The van der Waals surface area contributed by atoms with Gasteiger partial charge in [0.05, 0.1) is 11.1 Å². The highest BCUT2D eigenvalue weighted by atomic mass is 16.6. The quantitative estimate of drug-likeness (QED) is 0.734. The van der Waals surface area contributed by atoms with Crippen LogP contribution in [0.1, 0.15) is 47.2 Å². The smallest absolute Gasteiger partial charge is 0.434 e. The van der Waals surface area contributed by atoms with Crippen LogP contribution in [-0.4, -0.2) is 21.6 Å². The molecule has 0 unspecified atom stereocenters. The maximum atomic E-state index is 11.6. The zero-order valence-corrected chi connectivity index (χ0v) is 12.4. The molecule has 1 amide bonds. The molecule has 106 valence electrons. The summed E-state index contributed by atoms with van der Waals surface area (Å²) in [5.41, 5.74) is -0.162. The molecule has 0 aliphatic carbocycles. The molecule has 0 saturated carbocycles. The standard InChI is InChI=1S/C14H22N2O3/c1-13(2,3)11-9-10(7-8-16(11)18)15-12(17)19-14(4,5)6/h7-9,18H,1-6H3/b15-10-. The van der Waals surface area contributed by atoms with Gasteiger partial charge in [-0.25, -0.2) is 4.79 Å². The van der Waals surface area contributed by atoms with E-state index in [2.05, 4.69) is 4.99 Å². The Labute approximate surface area is 113 Å². The van der Waals surface area contributed by atoms with Gasteiger partial charge in [-0.1, -0.05) is 20.8 Å². The number of ether oxygens (including phenoxy) is 1. The van der Waals surface area contributed by atoms with Gasteiger partial charge in [-0.05, 0) is 32.9 Å². The molecule has 1 rings (SSSR count). The summed E-state index contributed by atoms with van der Waals surface area (Å²) in [5, 5.41) is 10.2. The zero-order chi connectivity index (χ0) is 14.8. The number of carbonyl (C=O) groups excluding carboxylic acids is 1. The topological polar surface area (TPSA) is 63.8 Å². The van der Waals surface area contributed by atoms with E-state index in [0.717, 1.165) is 4.73 Å². The summed E-state index contributed by atoms with van der Waals surface area (Å²) >= 11 is 0. The summed E-state index contributed by atoms with van der Waals surface area (Å²) in [7, 11) is 0. The van der Waals surface area contributed by atoms with Gasteiger partial charge in [-0.2, -0.15) is 9.72 Å². The van der Waals surface area contributed by atoms with Crippen LogP contribution in [-0.2, 0) is 10.2 Å². The van der Waals surface area contributed by atoms with Crippen LogP contribution in [0.2, 0.25) is 0 Å². The van der Waals surface area contributed by atoms with Gasteiger partial charge in [0.1, 0.15) is 5.60 Å². The highest BCUT2D eigenvalue weighted by molar-refractivity contribution is 5.68. The van der Waals surface area contributed by atoms with Gasteiger partial charge in [0, 0.05) is 11.6 Å². The van der Waals surface area contributed by atoms with Crippen LogP contribution in [0.4, 0.5) is 4.79 Å². The summed E-state index contributed by atoms with van der Waals surface area (Å²) < 4.78 is 6.16. The van der Waals surface area contributed by atoms with Crippen molar-refractivity contribution in [2.24, 2.45) is 4.99 Å². The van der Waals surface area contributed by atoms with Gasteiger partial charge in [0.25, 0.3) is 0 Å². The van der Waals surface area contributed by atoms with E-state index < -0.39 is 11.7 Å². The molecule has 0 saturated heterocycles. The van der Waals surface area contributed by atoms with E-state index >= 15 is 0 Å². The summed E-state index contributed by atoms with van der Waals surface area (Å²) in [4.78, 5) is 15.5. The molecule has 0 radical (unpaired) electrons. The molecule has 0 fully saturated rings. The monoisotopic (exact) mass is 266 g/mol. The third kappa shape index (κ3) is 4.77. The second kappa shape index (κ2) is 5.07. The molecule has 1 aromatic rings. The first-order valence-corrected chi connectivity index (χ1v) is 6.19. The van der Waals surface area contributed by atoms with E-state index in [9.17, 15) is 10.0 Å². The third-order valence-corrected chi connectivity index (χ3v) is 2.30. The summed E-state index contributed by atoms with van der Waals surface area (Å²) in [6, 6.07) is 3.23. The van der Waals surface area contributed by atoms with Crippen molar-refractivity contribution in [2.45, 2.75) is 52.6 Å². The lowest BCUT2D eigenvalue weighted by Crippen LogP contribution is -2.25. The predicted octanol–water partition coefficient (Wildman–Crippen LogP) is 2.86. The fourth-order valence-corrected chi connectivity index (χ4v) is 1.50. The van der Waals surface area contributed by atoms with Gasteiger partial charge in [0.15, 0.2) is 0 Å². The van der Waals surface area contributed by atoms with E-state index in [1.54, 1.807) is 32.9 Å². The number of rotatable bonds is 0. The predicted molar refractivity (Wildman–Crippen MR) is 72.1 cm³/mol. The number of amides is 1. The van der Waals surface area contributed by atoms with Crippen molar-refractivity contribution in [3.63, 3.8) is 0 Å². The van der Waals surface area contributed by atoms with Crippen LogP contribution in [0, 0.1) is 0 Å². The number of pyridine rings is 1. The summed E-state index contributed by atoms with van der Waals surface area (Å²) in [6.07, 6.45) is 0.826. The van der Waals surface area contributed by atoms with Crippen molar-refractivity contribution < 1.29 is 14.7 Å². The lowest BCUT2D eigenvalue weighted by atomic mass is 9.91. The van der Waals surface area contributed by atoms with E-state index in [4.69, 9.17) is 4.74 Å². The first-order chi connectivity index (χ1) is 8.49. The molecule has 0 atom stereocenters. The van der Waals surface area contributed by atoms with Crippen LogP contribution in [0.5, 0.6) is 0 Å². The second-order valence-corrected chi connectivity index (χ2v) is 6.46. The number of carbonyl (C=O) groups is 1. The lowest BCUT2D eigenvalue weighted by molar-refractivity contribution is 0.0597. The second-order valence-electron chi connectivity index (χ2n) is 6.46.